The smallest absolute Gasteiger partial charge is 0.0390 e. The molecule has 1 saturated carbocycles. The van der Waals surface area contributed by atoms with E-state index in [1.54, 1.807) is 11.3 Å². The van der Waals surface area contributed by atoms with Crippen LogP contribution in [0.4, 0.5) is 0 Å². The van der Waals surface area contributed by atoms with Crippen LogP contribution < -0.4 is 5.73 Å². The Bertz CT molecular complexity index is 496. The zero-order chi connectivity index (χ0) is 10.5. The van der Waals surface area contributed by atoms with Gasteiger partial charge >= 0.3 is 0 Å². The van der Waals surface area contributed by atoms with Crippen molar-refractivity contribution in [1.29, 1.82) is 0 Å². The predicted octanol–water partition coefficient (Wildman–Crippen LogP) is 3.70. The molecule has 2 aromatic rings. The van der Waals surface area contributed by atoms with E-state index in [-0.39, 0.29) is 6.04 Å². The van der Waals surface area contributed by atoms with Crippen molar-refractivity contribution in [2.45, 2.75) is 25.8 Å². The fraction of sp³-hybridized carbons (Fsp3) is 0.385. The second-order valence-corrected chi connectivity index (χ2v) is 5.73. The number of fused-ring (bicyclic) bond motifs is 1. The monoisotopic (exact) mass is 217 g/mol. The first-order valence-electron chi connectivity index (χ1n) is 5.42. The minimum atomic E-state index is 0.208. The Morgan fingerprint density at radius 3 is 2.87 bits per heavy atom. The minimum Gasteiger partial charge on any atom is -0.323 e. The maximum atomic E-state index is 6.37. The normalized spacial score (nSPS) is 20.4. The van der Waals surface area contributed by atoms with Crippen LogP contribution in [-0.2, 0) is 0 Å². The summed E-state index contributed by atoms with van der Waals surface area (Å²) < 4.78 is 1.37. The topological polar surface area (TPSA) is 26.0 Å². The summed E-state index contributed by atoms with van der Waals surface area (Å²) in [7, 11) is 0. The molecular weight excluding hydrogens is 202 g/mol. The highest BCUT2D eigenvalue weighted by atomic mass is 32.1. The number of thiophene rings is 1. The van der Waals surface area contributed by atoms with Crippen LogP contribution >= 0.6 is 11.3 Å². The fourth-order valence-electron chi connectivity index (χ4n) is 2.14. The number of nitrogens with two attached hydrogens (primary N) is 1. The van der Waals surface area contributed by atoms with Crippen molar-refractivity contribution in [3.8, 4) is 0 Å². The van der Waals surface area contributed by atoms with Crippen LogP contribution in [0.1, 0.15) is 31.4 Å². The fourth-order valence-corrected chi connectivity index (χ4v) is 3.10. The molecule has 2 N–H and O–H groups in total. The van der Waals surface area contributed by atoms with Crippen molar-refractivity contribution < 1.29 is 0 Å². The van der Waals surface area contributed by atoms with Gasteiger partial charge < -0.3 is 5.73 Å². The summed E-state index contributed by atoms with van der Waals surface area (Å²) in [6, 6.07) is 8.85. The maximum Gasteiger partial charge on any atom is 0.0390 e. The van der Waals surface area contributed by atoms with Crippen molar-refractivity contribution in [2.24, 2.45) is 11.1 Å². The predicted molar refractivity (Wildman–Crippen MR) is 66.1 cm³/mol. The van der Waals surface area contributed by atoms with Gasteiger partial charge in [-0.3, -0.25) is 0 Å². The summed E-state index contributed by atoms with van der Waals surface area (Å²) in [5, 5.41) is 3.48. The average molecular weight is 217 g/mol. The van der Waals surface area contributed by atoms with Crippen LogP contribution in [0.3, 0.4) is 0 Å². The molecule has 0 spiro atoms. The lowest BCUT2D eigenvalue weighted by molar-refractivity contribution is 0.454. The molecule has 0 bridgehead atoms. The first kappa shape index (κ1) is 9.37. The summed E-state index contributed by atoms with van der Waals surface area (Å²) in [4.78, 5) is 0. The van der Waals surface area contributed by atoms with Gasteiger partial charge in [-0.2, -0.15) is 0 Å². The molecule has 1 nitrogen and oxygen atoms in total. The van der Waals surface area contributed by atoms with Crippen molar-refractivity contribution >= 4 is 21.4 Å². The molecule has 1 aromatic heterocycles. The molecule has 1 atom stereocenters. The number of benzene rings is 1. The van der Waals surface area contributed by atoms with E-state index in [1.165, 1.54) is 28.5 Å². The van der Waals surface area contributed by atoms with Crippen molar-refractivity contribution in [1.82, 2.24) is 0 Å². The van der Waals surface area contributed by atoms with Gasteiger partial charge in [-0.15, -0.1) is 11.3 Å². The highest BCUT2D eigenvalue weighted by molar-refractivity contribution is 7.17. The second kappa shape index (κ2) is 3.06. The largest absolute Gasteiger partial charge is 0.323 e. The van der Waals surface area contributed by atoms with Crippen LogP contribution in [-0.4, -0.2) is 0 Å². The molecule has 1 heterocycles. The van der Waals surface area contributed by atoms with Crippen LogP contribution in [0.15, 0.2) is 29.6 Å². The first-order valence-corrected chi connectivity index (χ1v) is 6.30. The number of rotatable bonds is 2. The van der Waals surface area contributed by atoms with E-state index in [0.29, 0.717) is 5.41 Å². The molecule has 1 fully saturated rings. The Balaban J connectivity index is 2.13. The third-order valence-corrected chi connectivity index (χ3v) is 4.61. The number of hydrogen-bond acceptors (Lipinski definition) is 2. The Kier molecular flexibility index (Phi) is 1.91. The molecule has 2 heteroatoms. The molecule has 0 radical (unpaired) electrons. The molecule has 1 aliphatic carbocycles. The van der Waals surface area contributed by atoms with Crippen LogP contribution in [0.25, 0.3) is 10.1 Å². The van der Waals surface area contributed by atoms with Gasteiger partial charge in [0.05, 0.1) is 0 Å². The summed E-state index contributed by atoms with van der Waals surface area (Å²) in [6.07, 6.45) is 2.55. The summed E-state index contributed by atoms with van der Waals surface area (Å²) >= 11 is 1.81. The van der Waals surface area contributed by atoms with E-state index in [2.05, 4.69) is 36.6 Å². The lowest BCUT2D eigenvalue weighted by Gasteiger charge is -2.19. The molecule has 0 aliphatic heterocycles. The molecular formula is C13H15NS. The lowest BCUT2D eigenvalue weighted by atomic mass is 9.92. The van der Waals surface area contributed by atoms with Crippen LogP contribution in [0, 0.1) is 5.41 Å². The Hall–Kier alpha value is -0.860. The van der Waals surface area contributed by atoms with Gasteiger partial charge in [-0.05, 0) is 40.7 Å². The summed E-state index contributed by atoms with van der Waals surface area (Å²) in [5.74, 6) is 0. The third kappa shape index (κ3) is 1.40. The summed E-state index contributed by atoms with van der Waals surface area (Å²) in [5.41, 5.74) is 8.06. The van der Waals surface area contributed by atoms with Gasteiger partial charge in [-0.25, -0.2) is 0 Å². The van der Waals surface area contributed by atoms with E-state index in [1.807, 2.05) is 0 Å². The van der Waals surface area contributed by atoms with E-state index in [4.69, 9.17) is 5.73 Å². The zero-order valence-electron chi connectivity index (χ0n) is 8.86. The van der Waals surface area contributed by atoms with Crippen molar-refractivity contribution in [2.75, 3.05) is 0 Å². The van der Waals surface area contributed by atoms with E-state index < -0.39 is 0 Å². The second-order valence-electron chi connectivity index (χ2n) is 4.82. The summed E-state index contributed by atoms with van der Waals surface area (Å²) in [6.45, 7) is 2.30. The van der Waals surface area contributed by atoms with Gasteiger partial charge in [-0.1, -0.05) is 25.1 Å². The van der Waals surface area contributed by atoms with Crippen LogP contribution in [0.5, 0.6) is 0 Å². The molecule has 1 aliphatic rings. The van der Waals surface area contributed by atoms with E-state index in [9.17, 15) is 0 Å². The van der Waals surface area contributed by atoms with Crippen LogP contribution in [0.2, 0.25) is 0 Å². The van der Waals surface area contributed by atoms with Gasteiger partial charge in [0.2, 0.25) is 0 Å². The highest BCUT2D eigenvalue weighted by Gasteiger charge is 2.44. The molecule has 15 heavy (non-hydrogen) atoms. The zero-order valence-corrected chi connectivity index (χ0v) is 9.68. The Morgan fingerprint density at radius 2 is 2.13 bits per heavy atom. The van der Waals surface area contributed by atoms with Gasteiger partial charge in [0.1, 0.15) is 0 Å². The lowest BCUT2D eigenvalue weighted by Crippen LogP contribution is -2.20. The minimum absolute atomic E-state index is 0.208. The van der Waals surface area contributed by atoms with E-state index >= 15 is 0 Å². The average Bonchev–Trinajstić information content (AvgIpc) is 2.82. The molecule has 0 amide bonds. The standard InChI is InChI=1S/C13H15NS/c1-13(6-7-13)12(14)10-4-2-3-9-5-8-15-11(9)10/h2-5,8,12H,6-7,14H2,1H3. The molecule has 1 unspecified atom stereocenters. The van der Waals surface area contributed by atoms with Gasteiger partial charge in [0, 0.05) is 10.7 Å². The van der Waals surface area contributed by atoms with Gasteiger partial charge in [0.25, 0.3) is 0 Å². The van der Waals surface area contributed by atoms with Gasteiger partial charge in [0.15, 0.2) is 0 Å². The SMILES string of the molecule is CC1(C(N)c2cccc3ccsc23)CC1. The quantitative estimate of drug-likeness (QED) is 0.815. The molecule has 1 aromatic carbocycles. The third-order valence-electron chi connectivity index (χ3n) is 3.63. The Morgan fingerprint density at radius 1 is 1.33 bits per heavy atom. The Labute approximate surface area is 93.9 Å². The molecule has 0 saturated heterocycles. The maximum absolute atomic E-state index is 6.37. The first-order chi connectivity index (χ1) is 7.21. The number of hydrogen-bond donors (Lipinski definition) is 1. The molecule has 3 rings (SSSR count). The molecule has 78 valence electrons. The van der Waals surface area contributed by atoms with E-state index in [0.717, 1.165) is 0 Å². The highest BCUT2D eigenvalue weighted by Crippen LogP contribution is 2.54. The van der Waals surface area contributed by atoms with Crippen molar-refractivity contribution in [3.05, 3.63) is 35.2 Å². The van der Waals surface area contributed by atoms with Crippen molar-refractivity contribution in [3.63, 3.8) is 0 Å².